The first kappa shape index (κ1) is 10.5. The Kier molecular flexibility index (Phi) is 3.06. The van der Waals surface area contributed by atoms with E-state index in [0.29, 0.717) is 16.6 Å². The molecule has 0 aliphatic heterocycles. The molecule has 0 bridgehead atoms. The van der Waals surface area contributed by atoms with Crippen LogP contribution in [0.1, 0.15) is 10.4 Å². The third kappa shape index (κ3) is 2.31. The Bertz CT molecular complexity index is 469. The molecule has 0 unspecified atom stereocenters. The van der Waals surface area contributed by atoms with E-state index in [4.69, 9.17) is 4.74 Å². The van der Waals surface area contributed by atoms with Crippen molar-refractivity contribution in [2.24, 2.45) is 0 Å². The van der Waals surface area contributed by atoms with Crippen LogP contribution in [-0.2, 0) is 0 Å². The Morgan fingerprint density at radius 2 is 2.38 bits per heavy atom. The van der Waals surface area contributed by atoms with Gasteiger partial charge in [0, 0.05) is 12.3 Å². The predicted molar refractivity (Wildman–Crippen MR) is 58.7 cm³/mol. The summed E-state index contributed by atoms with van der Waals surface area (Å²) in [4.78, 5) is 15.6. The fourth-order valence-electron chi connectivity index (χ4n) is 1.03. The molecule has 7 heteroatoms. The Labute approximate surface area is 95.3 Å². The first-order valence-corrected chi connectivity index (χ1v) is 5.25. The van der Waals surface area contributed by atoms with Gasteiger partial charge in [-0.3, -0.25) is 10.1 Å². The van der Waals surface area contributed by atoms with Crippen molar-refractivity contribution in [2.45, 2.75) is 0 Å². The number of anilines is 1. The molecule has 0 aliphatic rings. The lowest BCUT2D eigenvalue weighted by molar-refractivity contribution is 0.102. The smallest absolute Gasteiger partial charge is 0.259 e. The lowest BCUT2D eigenvalue weighted by atomic mass is 10.3. The van der Waals surface area contributed by atoms with E-state index >= 15 is 0 Å². The van der Waals surface area contributed by atoms with Gasteiger partial charge in [-0.1, -0.05) is 11.3 Å². The normalized spacial score (nSPS) is 9.81. The average Bonchev–Trinajstić information content (AvgIpc) is 2.82. The van der Waals surface area contributed by atoms with Crippen LogP contribution < -0.4 is 10.1 Å². The highest BCUT2D eigenvalue weighted by molar-refractivity contribution is 7.13. The lowest BCUT2D eigenvalue weighted by Gasteiger charge is -2.01. The van der Waals surface area contributed by atoms with Crippen LogP contribution >= 0.6 is 11.3 Å². The molecule has 0 aliphatic carbocycles. The Hall–Kier alpha value is -2.02. The highest BCUT2D eigenvalue weighted by Crippen LogP contribution is 2.11. The molecule has 1 amide bonds. The minimum absolute atomic E-state index is 0.271. The van der Waals surface area contributed by atoms with Gasteiger partial charge in [-0.15, -0.1) is 10.2 Å². The van der Waals surface area contributed by atoms with Crippen LogP contribution in [0.15, 0.2) is 23.8 Å². The van der Waals surface area contributed by atoms with Gasteiger partial charge in [0.2, 0.25) is 11.0 Å². The molecular formula is C9H8N4O2S. The van der Waals surface area contributed by atoms with Crippen LogP contribution in [0.3, 0.4) is 0 Å². The van der Waals surface area contributed by atoms with Gasteiger partial charge in [0.1, 0.15) is 5.51 Å². The number of nitrogens with zero attached hydrogens (tertiary/aromatic N) is 3. The number of amides is 1. The molecule has 6 nitrogen and oxygen atoms in total. The number of carbonyl (C=O) groups excluding carboxylic acids is 1. The van der Waals surface area contributed by atoms with E-state index in [2.05, 4.69) is 20.5 Å². The van der Waals surface area contributed by atoms with E-state index < -0.39 is 0 Å². The van der Waals surface area contributed by atoms with Crippen LogP contribution in [0.4, 0.5) is 5.13 Å². The van der Waals surface area contributed by atoms with Crippen LogP contribution in [0.5, 0.6) is 5.88 Å². The van der Waals surface area contributed by atoms with Crippen LogP contribution in [0.25, 0.3) is 0 Å². The Morgan fingerprint density at radius 1 is 1.50 bits per heavy atom. The predicted octanol–water partition coefficient (Wildman–Crippen LogP) is 1.19. The van der Waals surface area contributed by atoms with Crippen LogP contribution in [0.2, 0.25) is 0 Å². The zero-order chi connectivity index (χ0) is 11.4. The van der Waals surface area contributed by atoms with Crippen molar-refractivity contribution < 1.29 is 9.53 Å². The van der Waals surface area contributed by atoms with Gasteiger partial charge in [0.25, 0.3) is 5.91 Å². The first-order chi connectivity index (χ1) is 7.79. The number of methoxy groups -OCH3 is 1. The van der Waals surface area contributed by atoms with Gasteiger partial charge in [-0.2, -0.15) is 0 Å². The zero-order valence-electron chi connectivity index (χ0n) is 8.38. The first-order valence-electron chi connectivity index (χ1n) is 4.37. The van der Waals surface area contributed by atoms with Gasteiger partial charge in [0.05, 0.1) is 12.7 Å². The summed E-state index contributed by atoms with van der Waals surface area (Å²) in [7, 11) is 1.52. The molecule has 0 aromatic carbocycles. The molecule has 0 radical (unpaired) electrons. The quantitative estimate of drug-likeness (QED) is 0.866. The van der Waals surface area contributed by atoms with Crippen molar-refractivity contribution in [3.8, 4) is 5.88 Å². The topological polar surface area (TPSA) is 77.0 Å². The molecule has 2 heterocycles. The molecule has 2 aromatic heterocycles. The molecule has 1 N–H and O–H groups in total. The van der Waals surface area contributed by atoms with Crippen molar-refractivity contribution in [2.75, 3.05) is 12.4 Å². The maximum Gasteiger partial charge on any atom is 0.259 e. The van der Waals surface area contributed by atoms with Gasteiger partial charge >= 0.3 is 0 Å². The molecular weight excluding hydrogens is 228 g/mol. The maximum absolute atomic E-state index is 11.7. The summed E-state index contributed by atoms with van der Waals surface area (Å²) >= 11 is 1.25. The van der Waals surface area contributed by atoms with E-state index in [1.807, 2.05) is 0 Å². The second kappa shape index (κ2) is 4.67. The van der Waals surface area contributed by atoms with Gasteiger partial charge in [-0.05, 0) is 6.07 Å². The molecule has 0 spiro atoms. The summed E-state index contributed by atoms with van der Waals surface area (Å²) in [5.74, 6) is 0.194. The Morgan fingerprint density at radius 3 is 2.94 bits per heavy atom. The lowest BCUT2D eigenvalue weighted by Crippen LogP contribution is -2.12. The number of pyridine rings is 1. The number of rotatable bonds is 3. The maximum atomic E-state index is 11.7. The number of nitrogens with one attached hydrogen (secondary N) is 1. The fraction of sp³-hybridized carbons (Fsp3) is 0.111. The second-order valence-corrected chi connectivity index (χ2v) is 3.62. The van der Waals surface area contributed by atoms with E-state index in [0.717, 1.165) is 0 Å². The van der Waals surface area contributed by atoms with Gasteiger partial charge in [-0.25, -0.2) is 4.98 Å². The summed E-state index contributed by atoms with van der Waals surface area (Å²) in [5.41, 5.74) is 1.98. The molecule has 0 saturated heterocycles. The molecule has 82 valence electrons. The minimum Gasteiger partial charge on any atom is -0.481 e. The summed E-state index contributed by atoms with van der Waals surface area (Å²) < 4.78 is 4.89. The molecule has 0 fully saturated rings. The number of aromatic nitrogens is 3. The molecule has 0 saturated carbocycles. The zero-order valence-corrected chi connectivity index (χ0v) is 9.19. The average molecular weight is 236 g/mol. The monoisotopic (exact) mass is 236 g/mol. The van der Waals surface area contributed by atoms with Crippen molar-refractivity contribution in [1.82, 2.24) is 15.2 Å². The standard InChI is InChI=1S/C9H8N4O2S/c1-15-7-3-2-6(4-10-7)8(14)12-9-13-11-5-16-9/h2-5H,1H3,(H,12,13,14). The molecule has 0 atom stereocenters. The summed E-state index contributed by atoms with van der Waals surface area (Å²) in [6, 6.07) is 3.25. The van der Waals surface area contributed by atoms with Gasteiger partial charge < -0.3 is 4.74 Å². The minimum atomic E-state index is -0.271. The fourth-order valence-corrected chi connectivity index (χ4v) is 1.47. The third-order valence-corrected chi connectivity index (χ3v) is 2.39. The van der Waals surface area contributed by atoms with E-state index in [1.54, 1.807) is 17.6 Å². The molecule has 2 aromatic rings. The largest absolute Gasteiger partial charge is 0.481 e. The SMILES string of the molecule is COc1ccc(C(=O)Nc2nncs2)cn1. The van der Waals surface area contributed by atoms with E-state index in [-0.39, 0.29) is 5.91 Å². The van der Waals surface area contributed by atoms with Crippen molar-refractivity contribution in [3.05, 3.63) is 29.4 Å². The highest BCUT2D eigenvalue weighted by Gasteiger charge is 2.08. The van der Waals surface area contributed by atoms with Crippen molar-refractivity contribution in [1.29, 1.82) is 0 Å². The highest BCUT2D eigenvalue weighted by atomic mass is 32.1. The van der Waals surface area contributed by atoms with Crippen molar-refractivity contribution in [3.63, 3.8) is 0 Å². The summed E-state index contributed by atoms with van der Waals surface area (Å²) in [6.07, 6.45) is 1.44. The van der Waals surface area contributed by atoms with Crippen LogP contribution in [0, 0.1) is 0 Å². The van der Waals surface area contributed by atoms with E-state index in [1.165, 1.54) is 24.6 Å². The summed E-state index contributed by atoms with van der Waals surface area (Å²) in [6.45, 7) is 0. The number of hydrogen-bond donors (Lipinski definition) is 1. The Balaban J connectivity index is 2.09. The van der Waals surface area contributed by atoms with Crippen LogP contribution in [-0.4, -0.2) is 28.2 Å². The second-order valence-electron chi connectivity index (χ2n) is 2.79. The number of ether oxygens (including phenoxy) is 1. The van der Waals surface area contributed by atoms with Gasteiger partial charge in [0.15, 0.2) is 0 Å². The molecule has 2 rings (SSSR count). The number of hydrogen-bond acceptors (Lipinski definition) is 6. The van der Waals surface area contributed by atoms with Crippen molar-refractivity contribution >= 4 is 22.4 Å². The van der Waals surface area contributed by atoms with E-state index in [9.17, 15) is 4.79 Å². The molecule has 16 heavy (non-hydrogen) atoms. The summed E-state index contributed by atoms with van der Waals surface area (Å²) in [5, 5.41) is 10.4. The third-order valence-electron chi connectivity index (χ3n) is 1.79. The number of carbonyl (C=O) groups is 1.